The molecule has 3 aromatic rings. The largest absolute Gasteiger partial charge is 0.497 e. The lowest BCUT2D eigenvalue weighted by atomic mass is 10.1. The number of anilines is 2. The molecule has 166 valence electrons. The highest BCUT2D eigenvalue weighted by atomic mass is 32.2. The van der Waals surface area contributed by atoms with Gasteiger partial charge in [0.2, 0.25) is 0 Å². The number of aryl methyl sites for hydroxylation is 1. The number of nitrogens with one attached hydrogen (secondary N) is 2. The molecule has 0 atom stereocenters. The van der Waals surface area contributed by atoms with Crippen molar-refractivity contribution >= 4 is 33.3 Å². The van der Waals surface area contributed by atoms with Crippen molar-refractivity contribution in [3.8, 4) is 5.75 Å². The van der Waals surface area contributed by atoms with Crippen molar-refractivity contribution in [3.63, 3.8) is 0 Å². The summed E-state index contributed by atoms with van der Waals surface area (Å²) >= 11 is 0. The summed E-state index contributed by atoms with van der Waals surface area (Å²) in [5.41, 5.74) is 4.57. The van der Waals surface area contributed by atoms with E-state index in [2.05, 4.69) is 22.2 Å². The summed E-state index contributed by atoms with van der Waals surface area (Å²) in [4.78, 5) is 10.6. The number of nitrogens with zero attached hydrogens (tertiary/aromatic N) is 2. The van der Waals surface area contributed by atoms with Crippen LogP contribution in [0.1, 0.15) is 18.1 Å². The van der Waals surface area contributed by atoms with Crippen LogP contribution in [-0.4, -0.2) is 26.7 Å². The summed E-state index contributed by atoms with van der Waals surface area (Å²) in [6.07, 6.45) is 2.45. The first-order chi connectivity index (χ1) is 15.3. The van der Waals surface area contributed by atoms with Crippen LogP contribution in [0.2, 0.25) is 0 Å². The Hall–Kier alpha value is -3.92. The van der Waals surface area contributed by atoms with Crippen LogP contribution in [0.15, 0.2) is 76.7 Å². The molecule has 0 saturated carbocycles. The Morgan fingerprint density at radius 2 is 1.75 bits per heavy atom. The van der Waals surface area contributed by atoms with Crippen molar-refractivity contribution < 1.29 is 18.1 Å². The SMILES string of the molecule is CCc1ccc(C=NNc2ccc(S(=O)(=O)Nc3ccc(OC)cc3)cc2[N+](=O)[O-])cc1. The van der Waals surface area contributed by atoms with Crippen LogP contribution in [-0.2, 0) is 16.4 Å². The van der Waals surface area contributed by atoms with E-state index in [1.54, 1.807) is 12.1 Å². The average Bonchev–Trinajstić information content (AvgIpc) is 2.79. The third-order valence-electron chi connectivity index (χ3n) is 4.61. The van der Waals surface area contributed by atoms with Crippen molar-refractivity contribution in [2.75, 3.05) is 17.3 Å². The maximum atomic E-state index is 12.7. The van der Waals surface area contributed by atoms with Gasteiger partial charge < -0.3 is 4.74 Å². The lowest BCUT2D eigenvalue weighted by Crippen LogP contribution is -2.13. The van der Waals surface area contributed by atoms with Crippen LogP contribution in [0.4, 0.5) is 17.1 Å². The molecule has 0 unspecified atom stereocenters. The predicted octanol–water partition coefficient (Wildman–Crippen LogP) is 4.41. The quantitative estimate of drug-likeness (QED) is 0.280. The monoisotopic (exact) mass is 454 g/mol. The number of methoxy groups -OCH3 is 1. The van der Waals surface area contributed by atoms with E-state index >= 15 is 0 Å². The van der Waals surface area contributed by atoms with Crippen LogP contribution in [0.3, 0.4) is 0 Å². The molecule has 10 heteroatoms. The van der Waals surface area contributed by atoms with E-state index in [0.29, 0.717) is 11.4 Å². The maximum absolute atomic E-state index is 12.7. The summed E-state index contributed by atoms with van der Waals surface area (Å²) in [5, 5.41) is 15.5. The number of hydrogen-bond acceptors (Lipinski definition) is 7. The molecule has 0 aliphatic heterocycles. The number of rotatable bonds is 9. The molecular formula is C22H22N4O5S. The lowest BCUT2D eigenvalue weighted by Gasteiger charge is -2.10. The van der Waals surface area contributed by atoms with Crippen LogP contribution >= 0.6 is 0 Å². The molecule has 0 aliphatic rings. The molecule has 0 heterocycles. The average molecular weight is 455 g/mol. The normalized spacial score (nSPS) is 11.3. The van der Waals surface area contributed by atoms with E-state index in [0.717, 1.165) is 18.1 Å². The fourth-order valence-electron chi connectivity index (χ4n) is 2.81. The Balaban J connectivity index is 1.79. The molecular weight excluding hydrogens is 432 g/mol. The van der Waals surface area contributed by atoms with Crippen molar-refractivity contribution in [2.45, 2.75) is 18.2 Å². The topological polar surface area (TPSA) is 123 Å². The number of hydrazone groups is 1. The Labute approximate surface area is 185 Å². The van der Waals surface area contributed by atoms with Gasteiger partial charge in [0.1, 0.15) is 11.4 Å². The summed E-state index contributed by atoms with van der Waals surface area (Å²) in [7, 11) is -2.54. The molecule has 32 heavy (non-hydrogen) atoms. The van der Waals surface area contributed by atoms with E-state index in [9.17, 15) is 18.5 Å². The smallest absolute Gasteiger partial charge is 0.295 e. The highest BCUT2D eigenvalue weighted by Crippen LogP contribution is 2.29. The second-order valence-electron chi connectivity index (χ2n) is 6.74. The van der Waals surface area contributed by atoms with E-state index in [4.69, 9.17) is 4.74 Å². The summed E-state index contributed by atoms with van der Waals surface area (Å²) in [5.74, 6) is 0.570. The van der Waals surface area contributed by atoms with Gasteiger partial charge in [0.05, 0.1) is 23.1 Å². The van der Waals surface area contributed by atoms with Gasteiger partial charge in [-0.05, 0) is 53.9 Å². The molecule has 0 amide bonds. The zero-order chi connectivity index (χ0) is 23.1. The summed E-state index contributed by atoms with van der Waals surface area (Å²) in [6.45, 7) is 2.06. The number of sulfonamides is 1. The van der Waals surface area contributed by atoms with Gasteiger partial charge >= 0.3 is 0 Å². The van der Waals surface area contributed by atoms with E-state index in [1.807, 2.05) is 24.3 Å². The Morgan fingerprint density at radius 3 is 2.34 bits per heavy atom. The second kappa shape index (κ2) is 9.92. The highest BCUT2D eigenvalue weighted by molar-refractivity contribution is 7.92. The van der Waals surface area contributed by atoms with Gasteiger partial charge in [0.25, 0.3) is 15.7 Å². The molecule has 2 N–H and O–H groups in total. The number of hydrogen-bond donors (Lipinski definition) is 2. The third kappa shape index (κ3) is 5.61. The number of ether oxygens (including phenoxy) is 1. The zero-order valence-electron chi connectivity index (χ0n) is 17.5. The first-order valence-electron chi connectivity index (χ1n) is 9.65. The van der Waals surface area contributed by atoms with Crippen LogP contribution in [0.25, 0.3) is 0 Å². The first-order valence-corrected chi connectivity index (χ1v) is 11.1. The van der Waals surface area contributed by atoms with Gasteiger partial charge in [-0.3, -0.25) is 20.3 Å². The summed E-state index contributed by atoms with van der Waals surface area (Å²) in [6, 6.07) is 17.5. The molecule has 9 nitrogen and oxygen atoms in total. The molecule has 0 saturated heterocycles. The van der Waals surface area contributed by atoms with Crippen molar-refractivity contribution in [3.05, 3.63) is 88.0 Å². The van der Waals surface area contributed by atoms with Gasteiger partial charge in [-0.25, -0.2) is 8.42 Å². The Morgan fingerprint density at radius 1 is 1.06 bits per heavy atom. The van der Waals surface area contributed by atoms with Crippen molar-refractivity contribution in [2.24, 2.45) is 5.10 Å². The number of benzene rings is 3. The zero-order valence-corrected chi connectivity index (χ0v) is 18.3. The van der Waals surface area contributed by atoms with Crippen molar-refractivity contribution in [1.29, 1.82) is 0 Å². The molecule has 0 aromatic heterocycles. The molecule has 3 rings (SSSR count). The molecule has 3 aromatic carbocycles. The molecule has 0 radical (unpaired) electrons. The van der Waals surface area contributed by atoms with Gasteiger partial charge in [-0.1, -0.05) is 31.2 Å². The highest BCUT2D eigenvalue weighted by Gasteiger charge is 2.21. The van der Waals surface area contributed by atoms with Crippen LogP contribution in [0.5, 0.6) is 5.75 Å². The van der Waals surface area contributed by atoms with Gasteiger partial charge in [-0.15, -0.1) is 0 Å². The molecule has 0 fully saturated rings. The van der Waals surface area contributed by atoms with Crippen LogP contribution < -0.4 is 14.9 Å². The molecule has 0 bridgehead atoms. The minimum absolute atomic E-state index is 0.0693. The fraction of sp³-hybridized carbons (Fsp3) is 0.136. The number of nitro benzene ring substituents is 1. The minimum atomic E-state index is -4.04. The van der Waals surface area contributed by atoms with Gasteiger partial charge in [0.15, 0.2) is 0 Å². The molecule has 0 aliphatic carbocycles. The summed E-state index contributed by atoms with van der Waals surface area (Å²) < 4.78 is 32.8. The van der Waals surface area contributed by atoms with Crippen LogP contribution in [0, 0.1) is 10.1 Å². The standard InChI is InChI=1S/C22H22N4O5S/c1-3-16-4-6-17(7-5-16)15-23-24-21-13-12-20(14-22(21)26(27)28)32(29,30)25-18-8-10-19(31-2)11-9-18/h4-15,24-25H,3H2,1-2H3. The Kier molecular flexibility index (Phi) is 7.06. The predicted molar refractivity (Wildman–Crippen MR) is 124 cm³/mol. The molecule has 0 spiro atoms. The fourth-order valence-corrected chi connectivity index (χ4v) is 3.89. The number of nitro groups is 1. The van der Waals surface area contributed by atoms with E-state index < -0.39 is 20.6 Å². The van der Waals surface area contributed by atoms with E-state index in [-0.39, 0.29) is 10.6 Å². The minimum Gasteiger partial charge on any atom is -0.497 e. The first kappa shape index (κ1) is 22.8. The van der Waals surface area contributed by atoms with Gasteiger partial charge in [-0.2, -0.15) is 5.10 Å². The second-order valence-corrected chi connectivity index (χ2v) is 8.42. The van der Waals surface area contributed by atoms with Gasteiger partial charge in [0, 0.05) is 11.8 Å². The maximum Gasteiger partial charge on any atom is 0.295 e. The third-order valence-corrected chi connectivity index (χ3v) is 5.98. The lowest BCUT2D eigenvalue weighted by molar-refractivity contribution is -0.384. The van der Waals surface area contributed by atoms with Crippen molar-refractivity contribution in [1.82, 2.24) is 0 Å². The van der Waals surface area contributed by atoms with E-state index in [1.165, 1.54) is 43.2 Å². The Bertz CT molecular complexity index is 1220.